The van der Waals surface area contributed by atoms with Crippen LogP contribution in [0.15, 0.2) is 0 Å². The van der Waals surface area contributed by atoms with E-state index in [-0.39, 0.29) is 6.10 Å². The maximum absolute atomic E-state index is 8.93. The van der Waals surface area contributed by atoms with E-state index in [1.165, 1.54) is 0 Å². The van der Waals surface area contributed by atoms with Crippen molar-refractivity contribution in [1.29, 1.82) is 0 Å². The highest BCUT2D eigenvalue weighted by molar-refractivity contribution is 14.1. The molecule has 42 valence electrons. The highest BCUT2D eigenvalue weighted by Crippen LogP contribution is 2.08. The van der Waals surface area contributed by atoms with E-state index in [2.05, 4.69) is 27.9 Å². The Morgan fingerprint density at radius 2 is 2.29 bits per heavy atom. The lowest BCUT2D eigenvalue weighted by Crippen LogP contribution is -2.16. The van der Waals surface area contributed by atoms with Crippen LogP contribution in [0.2, 0.25) is 0 Å². The molecule has 2 nitrogen and oxygen atoms in total. The molecule has 3 heteroatoms. The first kappa shape index (κ1) is 5.78. The molecule has 2 atom stereocenters. The summed E-state index contributed by atoms with van der Waals surface area (Å²) in [4.78, 5) is 0. The Morgan fingerprint density at radius 1 is 1.57 bits per heavy atom. The molecule has 0 amide bonds. The minimum Gasteiger partial charge on any atom is -0.391 e. The van der Waals surface area contributed by atoms with Gasteiger partial charge in [0, 0.05) is 13.1 Å². The van der Waals surface area contributed by atoms with Crippen molar-refractivity contribution in [3.63, 3.8) is 0 Å². The molecule has 1 aliphatic rings. The smallest absolute Gasteiger partial charge is 0.0794 e. The predicted octanol–water partition coefficient (Wildman–Crippen LogP) is -0.246. The molecule has 0 aliphatic carbocycles. The minimum absolute atomic E-state index is 0.111. The number of aliphatic hydroxyl groups excluding tert-OH is 1. The summed E-state index contributed by atoms with van der Waals surface area (Å²) in [6.07, 6.45) is -0.111. The maximum Gasteiger partial charge on any atom is 0.0794 e. The van der Waals surface area contributed by atoms with E-state index in [0.29, 0.717) is 3.92 Å². The molecule has 0 aromatic heterocycles. The van der Waals surface area contributed by atoms with Gasteiger partial charge in [-0.1, -0.05) is 22.6 Å². The largest absolute Gasteiger partial charge is 0.391 e. The Morgan fingerprint density at radius 3 is 2.43 bits per heavy atom. The zero-order chi connectivity index (χ0) is 5.28. The second-order valence-electron chi connectivity index (χ2n) is 1.74. The molecule has 0 radical (unpaired) electrons. The van der Waals surface area contributed by atoms with E-state index in [9.17, 15) is 0 Å². The average molecular weight is 213 g/mol. The Hall–Kier alpha value is 0.650. The molecule has 1 saturated heterocycles. The van der Waals surface area contributed by atoms with Crippen LogP contribution in [0.5, 0.6) is 0 Å². The van der Waals surface area contributed by atoms with Gasteiger partial charge in [-0.25, -0.2) is 0 Å². The van der Waals surface area contributed by atoms with E-state index >= 15 is 0 Å². The molecule has 1 rings (SSSR count). The van der Waals surface area contributed by atoms with Crippen molar-refractivity contribution in [3.05, 3.63) is 0 Å². The SMILES string of the molecule is OC1CNCC1I. The van der Waals surface area contributed by atoms with Crippen molar-refractivity contribution in [3.8, 4) is 0 Å². The van der Waals surface area contributed by atoms with E-state index in [0.717, 1.165) is 13.1 Å². The van der Waals surface area contributed by atoms with Crippen LogP contribution in [0.25, 0.3) is 0 Å². The Labute approximate surface area is 56.4 Å². The van der Waals surface area contributed by atoms with Crippen LogP contribution in [-0.4, -0.2) is 28.2 Å². The molecular formula is C4H8INO. The zero-order valence-electron chi connectivity index (χ0n) is 3.89. The molecule has 2 unspecified atom stereocenters. The number of hydrogen-bond donors (Lipinski definition) is 2. The predicted molar refractivity (Wildman–Crippen MR) is 36.7 cm³/mol. The summed E-state index contributed by atoms with van der Waals surface area (Å²) in [5.41, 5.74) is 0. The van der Waals surface area contributed by atoms with Gasteiger partial charge in [-0.2, -0.15) is 0 Å². The monoisotopic (exact) mass is 213 g/mol. The Bertz CT molecular complexity index is 60.7. The van der Waals surface area contributed by atoms with Crippen molar-refractivity contribution in [2.24, 2.45) is 0 Å². The highest BCUT2D eigenvalue weighted by Gasteiger charge is 2.20. The normalized spacial score (nSPS) is 42.0. The van der Waals surface area contributed by atoms with E-state index < -0.39 is 0 Å². The Kier molecular flexibility index (Phi) is 1.88. The van der Waals surface area contributed by atoms with Gasteiger partial charge in [0.25, 0.3) is 0 Å². The number of alkyl halides is 1. The quantitative estimate of drug-likeness (QED) is 0.429. The molecule has 1 aliphatic heterocycles. The number of hydrogen-bond acceptors (Lipinski definition) is 2. The lowest BCUT2D eigenvalue weighted by molar-refractivity contribution is 0.205. The van der Waals surface area contributed by atoms with Crippen LogP contribution in [-0.2, 0) is 0 Å². The number of rotatable bonds is 0. The average Bonchev–Trinajstić information content (AvgIpc) is 1.91. The summed E-state index contributed by atoms with van der Waals surface area (Å²) in [6, 6.07) is 0. The third-order valence-electron chi connectivity index (χ3n) is 1.11. The van der Waals surface area contributed by atoms with Gasteiger partial charge in [0.2, 0.25) is 0 Å². The number of halogens is 1. The third-order valence-corrected chi connectivity index (χ3v) is 2.38. The van der Waals surface area contributed by atoms with Crippen molar-refractivity contribution in [2.75, 3.05) is 13.1 Å². The summed E-state index contributed by atoms with van der Waals surface area (Å²) in [6.45, 7) is 1.73. The van der Waals surface area contributed by atoms with Crippen LogP contribution in [0, 0.1) is 0 Å². The minimum atomic E-state index is -0.111. The summed E-state index contributed by atoms with van der Waals surface area (Å²) in [5.74, 6) is 0. The van der Waals surface area contributed by atoms with Crippen LogP contribution < -0.4 is 5.32 Å². The van der Waals surface area contributed by atoms with Crippen LogP contribution in [0.4, 0.5) is 0 Å². The van der Waals surface area contributed by atoms with Crippen LogP contribution in [0.1, 0.15) is 0 Å². The first-order chi connectivity index (χ1) is 3.30. The molecule has 0 spiro atoms. The van der Waals surface area contributed by atoms with Gasteiger partial charge < -0.3 is 10.4 Å². The summed E-state index contributed by atoms with van der Waals surface area (Å²) >= 11 is 2.25. The highest BCUT2D eigenvalue weighted by atomic mass is 127. The van der Waals surface area contributed by atoms with E-state index in [1.54, 1.807) is 0 Å². The zero-order valence-corrected chi connectivity index (χ0v) is 6.05. The summed E-state index contributed by atoms with van der Waals surface area (Å²) in [5, 5.41) is 12.0. The van der Waals surface area contributed by atoms with Gasteiger partial charge in [0.1, 0.15) is 0 Å². The molecule has 0 saturated carbocycles. The fourth-order valence-electron chi connectivity index (χ4n) is 0.633. The van der Waals surface area contributed by atoms with Gasteiger partial charge in [-0.3, -0.25) is 0 Å². The van der Waals surface area contributed by atoms with Crippen LogP contribution in [0.3, 0.4) is 0 Å². The fraction of sp³-hybridized carbons (Fsp3) is 1.00. The van der Waals surface area contributed by atoms with Crippen molar-refractivity contribution in [2.45, 2.75) is 10.0 Å². The summed E-state index contributed by atoms with van der Waals surface area (Å²) in [7, 11) is 0. The van der Waals surface area contributed by atoms with Crippen molar-refractivity contribution < 1.29 is 5.11 Å². The van der Waals surface area contributed by atoms with Crippen LogP contribution >= 0.6 is 22.6 Å². The molecule has 7 heavy (non-hydrogen) atoms. The number of aliphatic hydroxyl groups is 1. The van der Waals surface area contributed by atoms with Gasteiger partial charge in [-0.15, -0.1) is 0 Å². The van der Waals surface area contributed by atoms with Crippen molar-refractivity contribution >= 4 is 22.6 Å². The van der Waals surface area contributed by atoms with Gasteiger partial charge in [-0.05, 0) is 0 Å². The Balaban J connectivity index is 2.33. The molecule has 0 aromatic rings. The molecule has 0 bridgehead atoms. The number of β-amino-alcohol motifs (C(OH)–C–C–N with tert-alkyl or cyclic N) is 1. The first-order valence-corrected chi connectivity index (χ1v) is 3.58. The van der Waals surface area contributed by atoms with Crippen molar-refractivity contribution in [1.82, 2.24) is 5.32 Å². The topological polar surface area (TPSA) is 32.3 Å². The molecular weight excluding hydrogens is 205 g/mol. The first-order valence-electron chi connectivity index (χ1n) is 2.33. The molecule has 2 N–H and O–H groups in total. The van der Waals surface area contributed by atoms with E-state index in [1.807, 2.05) is 0 Å². The summed E-state index contributed by atoms with van der Waals surface area (Å²) < 4.78 is 0.428. The lowest BCUT2D eigenvalue weighted by Gasteiger charge is -2.00. The molecule has 0 aromatic carbocycles. The maximum atomic E-state index is 8.93. The third kappa shape index (κ3) is 1.27. The van der Waals surface area contributed by atoms with Gasteiger partial charge >= 0.3 is 0 Å². The van der Waals surface area contributed by atoms with Gasteiger partial charge in [0.05, 0.1) is 10.0 Å². The second-order valence-corrected chi connectivity index (χ2v) is 3.34. The number of nitrogens with one attached hydrogen (secondary N) is 1. The standard InChI is InChI=1S/C4H8INO/c5-3-1-6-2-4(3)7/h3-4,6-7H,1-2H2. The van der Waals surface area contributed by atoms with E-state index in [4.69, 9.17) is 5.11 Å². The second kappa shape index (κ2) is 2.28. The molecule has 1 fully saturated rings. The molecule has 1 heterocycles. The fourth-order valence-corrected chi connectivity index (χ4v) is 1.20. The lowest BCUT2D eigenvalue weighted by atomic mass is 10.3. The van der Waals surface area contributed by atoms with Gasteiger partial charge in [0.15, 0.2) is 0 Å².